The Kier molecular flexibility index (Phi) is 5.48. The van der Waals surface area contributed by atoms with Crippen molar-refractivity contribution < 1.29 is 13.2 Å². The molecule has 9 heteroatoms. The van der Waals surface area contributed by atoms with Crippen LogP contribution in [-0.4, -0.2) is 47.2 Å². The first kappa shape index (κ1) is 19.3. The molecule has 8 nitrogen and oxygen atoms in total. The van der Waals surface area contributed by atoms with Gasteiger partial charge in [0.05, 0.1) is 29.6 Å². The van der Waals surface area contributed by atoms with Gasteiger partial charge in [0.25, 0.3) is 0 Å². The molecule has 0 saturated carbocycles. The van der Waals surface area contributed by atoms with Crippen LogP contribution in [-0.2, 0) is 17.1 Å². The van der Waals surface area contributed by atoms with Gasteiger partial charge in [0.2, 0.25) is 15.9 Å². The van der Waals surface area contributed by atoms with Crippen molar-refractivity contribution in [3.05, 3.63) is 35.3 Å². The zero-order chi connectivity index (χ0) is 19.6. The molecule has 0 aliphatic carbocycles. The number of aryl methyl sites for hydroxylation is 2. The molecule has 1 unspecified atom stereocenters. The zero-order valence-corrected chi connectivity index (χ0v) is 16.5. The van der Waals surface area contributed by atoms with E-state index in [-0.39, 0.29) is 5.92 Å². The van der Waals surface area contributed by atoms with Crippen LogP contribution in [0.1, 0.15) is 29.8 Å². The molecule has 1 atom stereocenters. The van der Waals surface area contributed by atoms with Crippen molar-refractivity contribution in [2.75, 3.05) is 19.7 Å². The van der Waals surface area contributed by atoms with Crippen LogP contribution in [0.5, 0.6) is 5.88 Å². The van der Waals surface area contributed by atoms with Crippen molar-refractivity contribution >= 4 is 10.0 Å². The lowest BCUT2D eigenvalue weighted by molar-refractivity contribution is 0.176. The summed E-state index contributed by atoms with van der Waals surface area (Å²) >= 11 is 0. The molecule has 1 aliphatic heterocycles. The first-order valence-corrected chi connectivity index (χ1v) is 10.3. The summed E-state index contributed by atoms with van der Waals surface area (Å²) in [6.45, 7) is 4.74. The molecular formula is C18H23N5O3S. The standard InChI is InChI=1S/C18H23N5O3S/c1-13-18(14(2)22(3)21-13)27(24,25)23-8-4-5-16(11-23)12-26-17-9-15(10-19)6-7-20-17/h6-7,9,16H,4-5,8,11-12H2,1-3H3. The van der Waals surface area contributed by atoms with Gasteiger partial charge >= 0.3 is 0 Å². The third-order valence-electron chi connectivity index (χ3n) is 4.85. The van der Waals surface area contributed by atoms with Crippen LogP contribution < -0.4 is 4.74 Å². The topological polar surface area (TPSA) is 101 Å². The summed E-state index contributed by atoms with van der Waals surface area (Å²) in [5, 5.41) is 13.2. The fraction of sp³-hybridized carbons (Fsp3) is 0.500. The maximum Gasteiger partial charge on any atom is 0.246 e. The number of aromatic nitrogens is 3. The minimum absolute atomic E-state index is 0.0679. The normalized spacial score (nSPS) is 18.2. The second-order valence-corrected chi connectivity index (χ2v) is 8.68. The molecule has 0 N–H and O–H groups in total. The van der Waals surface area contributed by atoms with Gasteiger partial charge in [-0.05, 0) is 32.8 Å². The summed E-state index contributed by atoms with van der Waals surface area (Å²) in [7, 11) is -1.85. The Morgan fingerprint density at radius 1 is 1.41 bits per heavy atom. The fourth-order valence-corrected chi connectivity index (χ4v) is 5.35. The lowest BCUT2D eigenvalue weighted by Crippen LogP contribution is -2.41. The highest BCUT2D eigenvalue weighted by atomic mass is 32.2. The first-order chi connectivity index (χ1) is 12.8. The van der Waals surface area contributed by atoms with Crippen molar-refractivity contribution in [3.63, 3.8) is 0 Å². The Hall–Kier alpha value is -2.44. The molecule has 1 aliphatic rings. The van der Waals surface area contributed by atoms with E-state index < -0.39 is 10.0 Å². The highest BCUT2D eigenvalue weighted by Gasteiger charge is 2.34. The van der Waals surface area contributed by atoms with Gasteiger partial charge in [0, 0.05) is 38.3 Å². The number of sulfonamides is 1. The van der Waals surface area contributed by atoms with Gasteiger partial charge in [-0.25, -0.2) is 13.4 Å². The van der Waals surface area contributed by atoms with E-state index in [4.69, 9.17) is 10.00 Å². The minimum atomic E-state index is -3.59. The number of nitrogens with zero attached hydrogens (tertiary/aromatic N) is 5. The molecular weight excluding hydrogens is 366 g/mol. The van der Waals surface area contributed by atoms with E-state index in [0.29, 0.717) is 47.4 Å². The fourth-order valence-electron chi connectivity index (χ4n) is 3.40. The highest BCUT2D eigenvalue weighted by molar-refractivity contribution is 7.89. The van der Waals surface area contributed by atoms with Crippen LogP contribution in [0.25, 0.3) is 0 Å². The predicted molar refractivity (Wildman–Crippen MR) is 98.6 cm³/mol. The molecule has 0 radical (unpaired) electrons. The third kappa shape index (κ3) is 3.96. The Balaban J connectivity index is 1.71. The smallest absolute Gasteiger partial charge is 0.246 e. The molecule has 0 amide bonds. The van der Waals surface area contributed by atoms with Gasteiger partial charge in [-0.1, -0.05) is 0 Å². The molecule has 0 bridgehead atoms. The molecule has 0 aromatic carbocycles. The quantitative estimate of drug-likeness (QED) is 0.773. The van der Waals surface area contributed by atoms with E-state index in [1.807, 2.05) is 6.07 Å². The van der Waals surface area contributed by atoms with Crippen molar-refractivity contribution in [2.24, 2.45) is 13.0 Å². The number of piperidine rings is 1. The number of hydrogen-bond donors (Lipinski definition) is 0. The number of pyridine rings is 1. The average molecular weight is 389 g/mol. The number of ether oxygens (including phenoxy) is 1. The third-order valence-corrected chi connectivity index (χ3v) is 6.97. The van der Waals surface area contributed by atoms with E-state index in [1.54, 1.807) is 37.7 Å². The van der Waals surface area contributed by atoms with Gasteiger partial charge in [-0.3, -0.25) is 4.68 Å². The second-order valence-electron chi connectivity index (χ2n) is 6.80. The molecule has 1 saturated heterocycles. The maximum atomic E-state index is 13.1. The largest absolute Gasteiger partial charge is 0.477 e. The summed E-state index contributed by atoms with van der Waals surface area (Å²) in [5.74, 6) is 0.450. The van der Waals surface area contributed by atoms with Crippen molar-refractivity contribution in [3.8, 4) is 11.9 Å². The van der Waals surface area contributed by atoms with Crippen molar-refractivity contribution in [2.45, 2.75) is 31.6 Å². The van der Waals surface area contributed by atoms with Crippen LogP contribution in [0.3, 0.4) is 0 Å². The van der Waals surface area contributed by atoms with Crippen molar-refractivity contribution in [1.29, 1.82) is 5.26 Å². The maximum absolute atomic E-state index is 13.1. The van der Waals surface area contributed by atoms with E-state index in [1.165, 1.54) is 10.5 Å². The summed E-state index contributed by atoms with van der Waals surface area (Å²) in [5.41, 5.74) is 1.64. The Morgan fingerprint density at radius 3 is 2.85 bits per heavy atom. The number of nitriles is 1. The lowest BCUT2D eigenvalue weighted by atomic mass is 10.0. The SMILES string of the molecule is Cc1nn(C)c(C)c1S(=O)(=O)N1CCCC(COc2cc(C#N)ccn2)C1. The molecule has 27 heavy (non-hydrogen) atoms. The Bertz CT molecular complexity index is 977. The van der Waals surface area contributed by atoms with Gasteiger partial charge in [0.1, 0.15) is 4.90 Å². The van der Waals surface area contributed by atoms with E-state index in [2.05, 4.69) is 10.1 Å². The molecule has 2 aromatic heterocycles. The average Bonchev–Trinajstić information content (AvgIpc) is 2.92. The zero-order valence-electron chi connectivity index (χ0n) is 15.7. The minimum Gasteiger partial charge on any atom is -0.477 e. The molecule has 0 spiro atoms. The lowest BCUT2D eigenvalue weighted by Gasteiger charge is -2.31. The van der Waals surface area contributed by atoms with Crippen LogP contribution >= 0.6 is 0 Å². The van der Waals surface area contributed by atoms with E-state index in [0.717, 1.165) is 12.8 Å². The molecule has 1 fully saturated rings. The van der Waals surface area contributed by atoms with E-state index >= 15 is 0 Å². The number of hydrogen-bond acceptors (Lipinski definition) is 6. The van der Waals surface area contributed by atoms with Crippen LogP contribution in [0.15, 0.2) is 23.2 Å². The van der Waals surface area contributed by atoms with Crippen molar-refractivity contribution in [1.82, 2.24) is 19.1 Å². The molecule has 3 rings (SSSR count). The first-order valence-electron chi connectivity index (χ1n) is 8.82. The summed E-state index contributed by atoms with van der Waals surface area (Å²) in [6.07, 6.45) is 3.19. The van der Waals surface area contributed by atoms with E-state index in [9.17, 15) is 8.42 Å². The predicted octanol–water partition coefficient (Wildman–Crippen LogP) is 1.78. The second kappa shape index (κ2) is 7.66. The highest BCUT2D eigenvalue weighted by Crippen LogP contribution is 2.27. The Morgan fingerprint density at radius 2 is 2.19 bits per heavy atom. The van der Waals surface area contributed by atoms with Gasteiger partial charge < -0.3 is 4.74 Å². The molecule has 3 heterocycles. The molecule has 2 aromatic rings. The van der Waals surface area contributed by atoms with Crippen LogP contribution in [0.2, 0.25) is 0 Å². The Labute approximate surface area is 159 Å². The van der Waals surface area contributed by atoms with Gasteiger partial charge in [-0.15, -0.1) is 0 Å². The summed E-state index contributed by atoms with van der Waals surface area (Å²) < 4.78 is 35.1. The monoisotopic (exact) mass is 389 g/mol. The summed E-state index contributed by atoms with van der Waals surface area (Å²) in [4.78, 5) is 4.40. The molecule has 144 valence electrons. The van der Waals surface area contributed by atoms with Crippen LogP contribution in [0.4, 0.5) is 0 Å². The van der Waals surface area contributed by atoms with Crippen LogP contribution in [0, 0.1) is 31.1 Å². The van der Waals surface area contributed by atoms with Gasteiger partial charge in [0.15, 0.2) is 0 Å². The number of rotatable bonds is 5. The summed E-state index contributed by atoms with van der Waals surface area (Å²) in [6, 6.07) is 5.24. The van der Waals surface area contributed by atoms with Gasteiger partial charge in [-0.2, -0.15) is 14.7 Å².